The smallest absolute Gasteiger partial charge is 0.387 e. The number of rotatable bonds is 5. The minimum atomic E-state index is -2.92. The van der Waals surface area contributed by atoms with E-state index in [1.807, 2.05) is 0 Å². The van der Waals surface area contributed by atoms with Crippen LogP contribution in [-0.4, -0.2) is 31.3 Å². The predicted octanol–water partition coefficient (Wildman–Crippen LogP) is 4.46. The molecule has 1 aliphatic heterocycles. The summed E-state index contributed by atoms with van der Waals surface area (Å²) in [5.41, 5.74) is 0.442. The van der Waals surface area contributed by atoms with Crippen molar-refractivity contribution < 1.29 is 27.8 Å². The van der Waals surface area contributed by atoms with Crippen molar-refractivity contribution in [3.8, 4) is 11.5 Å². The van der Waals surface area contributed by atoms with Crippen LogP contribution in [0.25, 0.3) is 0 Å². The van der Waals surface area contributed by atoms with Crippen LogP contribution in [-0.2, 0) is 9.53 Å². The molecule has 5 atom stereocenters. The molecule has 28 heavy (non-hydrogen) atoms. The van der Waals surface area contributed by atoms with Crippen molar-refractivity contribution in [2.24, 2.45) is 11.8 Å². The number of halogens is 2. The van der Waals surface area contributed by atoms with Gasteiger partial charge in [-0.3, -0.25) is 4.79 Å². The highest BCUT2D eigenvalue weighted by Gasteiger charge is 2.49. The molecule has 0 aromatic heterocycles. The molecule has 1 N–H and O–H groups in total. The van der Waals surface area contributed by atoms with Crippen molar-refractivity contribution in [1.82, 2.24) is 5.32 Å². The van der Waals surface area contributed by atoms with E-state index in [-0.39, 0.29) is 41.1 Å². The molecule has 1 aromatic rings. The fourth-order valence-electron chi connectivity index (χ4n) is 4.82. The first-order chi connectivity index (χ1) is 13.2. The Labute approximate surface area is 164 Å². The van der Waals surface area contributed by atoms with Crippen LogP contribution in [0, 0.1) is 11.8 Å². The monoisotopic (exact) mass is 397 g/mol. The molecule has 1 aromatic carbocycles. The van der Waals surface area contributed by atoms with Crippen molar-refractivity contribution in [3.05, 3.63) is 23.8 Å². The molecule has 156 valence electrons. The largest absolute Gasteiger partial charge is 0.493 e. The van der Waals surface area contributed by atoms with E-state index in [0.717, 1.165) is 24.8 Å². The maximum atomic E-state index is 12.6. The number of alkyl halides is 2. The Morgan fingerprint density at radius 1 is 1.32 bits per heavy atom. The Balaban J connectivity index is 1.90. The number of nitrogens with one attached hydrogen (secondary N) is 1. The first kappa shape index (κ1) is 20.8. The van der Waals surface area contributed by atoms with Gasteiger partial charge in [0, 0.05) is 24.8 Å². The van der Waals surface area contributed by atoms with Crippen LogP contribution in [0.5, 0.6) is 11.5 Å². The van der Waals surface area contributed by atoms with E-state index < -0.39 is 6.61 Å². The molecule has 7 heteroatoms. The lowest BCUT2D eigenvalue weighted by molar-refractivity contribution is -0.153. The van der Waals surface area contributed by atoms with Crippen LogP contribution in [0.4, 0.5) is 8.78 Å². The third-order valence-corrected chi connectivity index (χ3v) is 6.06. The highest BCUT2D eigenvalue weighted by atomic mass is 19.3. The number of carbonyl (C=O) groups excluding carboxylic acids is 1. The molecule has 3 rings (SSSR count). The van der Waals surface area contributed by atoms with Crippen LogP contribution < -0.4 is 14.8 Å². The molecule has 0 radical (unpaired) electrons. The van der Waals surface area contributed by atoms with Crippen molar-refractivity contribution in [2.45, 2.75) is 70.8 Å². The van der Waals surface area contributed by atoms with Crippen LogP contribution in [0.1, 0.15) is 58.1 Å². The van der Waals surface area contributed by atoms with Gasteiger partial charge in [0.1, 0.15) is 0 Å². The zero-order valence-corrected chi connectivity index (χ0v) is 16.8. The second kappa shape index (κ2) is 8.23. The number of hydrogen-bond acceptors (Lipinski definition) is 4. The Bertz CT molecular complexity index is 714. The molecule has 1 saturated heterocycles. The molecule has 0 bridgehead atoms. The summed E-state index contributed by atoms with van der Waals surface area (Å²) in [6.07, 6.45) is 3.47. The fraction of sp³-hybridized carbons (Fsp3) is 0.667. The van der Waals surface area contributed by atoms with Crippen molar-refractivity contribution in [2.75, 3.05) is 7.11 Å². The van der Waals surface area contributed by atoms with E-state index >= 15 is 0 Å². The summed E-state index contributed by atoms with van der Waals surface area (Å²) in [6, 6.07) is 4.89. The standard InChI is InChI=1S/C21H29F2NO4/c1-12-5-7-15-17(9-12)27-19(11-21(15,3)24-13(2)25)14-6-8-16(28-20(22)23)18(10-14)26-4/h6,8,10,12,15,17,19-20H,5,7,9,11H2,1-4H3,(H,24,25)/t12-,15-,17-,19-,21-/m1/s1. The second-order valence-electron chi connectivity index (χ2n) is 8.28. The number of carbonyl (C=O) groups is 1. The third-order valence-electron chi connectivity index (χ3n) is 6.06. The van der Waals surface area contributed by atoms with Crippen LogP contribution >= 0.6 is 0 Å². The molecule has 1 heterocycles. The molecule has 0 unspecified atom stereocenters. The zero-order valence-electron chi connectivity index (χ0n) is 16.8. The molecular formula is C21H29F2NO4. The van der Waals surface area contributed by atoms with E-state index in [1.54, 1.807) is 12.1 Å². The van der Waals surface area contributed by atoms with Crippen LogP contribution in [0.3, 0.4) is 0 Å². The van der Waals surface area contributed by atoms with E-state index in [1.165, 1.54) is 20.1 Å². The molecule has 5 nitrogen and oxygen atoms in total. The van der Waals surface area contributed by atoms with E-state index in [0.29, 0.717) is 12.3 Å². The van der Waals surface area contributed by atoms with Gasteiger partial charge in [0.15, 0.2) is 11.5 Å². The van der Waals surface area contributed by atoms with Gasteiger partial charge in [-0.15, -0.1) is 0 Å². The summed E-state index contributed by atoms with van der Waals surface area (Å²) in [7, 11) is 1.42. The van der Waals surface area contributed by atoms with Crippen LogP contribution in [0.2, 0.25) is 0 Å². The van der Waals surface area contributed by atoms with Gasteiger partial charge in [0.2, 0.25) is 5.91 Å². The minimum absolute atomic E-state index is 0.00847. The number of benzene rings is 1. The van der Waals surface area contributed by atoms with E-state index in [2.05, 4.69) is 23.9 Å². The van der Waals surface area contributed by atoms with Gasteiger partial charge in [-0.1, -0.05) is 19.4 Å². The lowest BCUT2D eigenvalue weighted by atomic mass is 9.66. The quantitative estimate of drug-likeness (QED) is 0.797. The molecule has 2 fully saturated rings. The highest BCUT2D eigenvalue weighted by Crippen LogP contribution is 2.48. The lowest BCUT2D eigenvalue weighted by Gasteiger charge is -2.52. The van der Waals surface area contributed by atoms with E-state index in [4.69, 9.17) is 9.47 Å². The van der Waals surface area contributed by atoms with Gasteiger partial charge < -0.3 is 19.5 Å². The molecule has 2 aliphatic rings. The number of ether oxygens (including phenoxy) is 3. The summed E-state index contributed by atoms with van der Waals surface area (Å²) in [5, 5.41) is 3.16. The van der Waals surface area contributed by atoms with Crippen molar-refractivity contribution in [3.63, 3.8) is 0 Å². The van der Waals surface area contributed by atoms with Crippen LogP contribution in [0.15, 0.2) is 18.2 Å². The van der Waals surface area contributed by atoms with Crippen molar-refractivity contribution >= 4 is 5.91 Å². The SMILES string of the molecule is COc1cc([C@H]2C[C@@](C)(NC(C)=O)[C@@H]3CC[C@@H](C)C[C@H]3O2)ccc1OC(F)F. The van der Waals surface area contributed by atoms with E-state index in [9.17, 15) is 13.6 Å². The number of amides is 1. The fourth-order valence-corrected chi connectivity index (χ4v) is 4.82. The number of hydrogen-bond donors (Lipinski definition) is 1. The predicted molar refractivity (Wildman–Crippen MR) is 101 cm³/mol. The normalized spacial score (nSPS) is 32.5. The molecule has 1 saturated carbocycles. The molecular weight excluding hydrogens is 368 g/mol. The molecule has 1 amide bonds. The summed E-state index contributed by atoms with van der Waals surface area (Å²) in [4.78, 5) is 11.9. The summed E-state index contributed by atoms with van der Waals surface area (Å²) < 4.78 is 41.4. The van der Waals surface area contributed by atoms with Gasteiger partial charge in [0.05, 0.1) is 19.3 Å². The number of fused-ring (bicyclic) bond motifs is 1. The van der Waals surface area contributed by atoms with Crippen molar-refractivity contribution in [1.29, 1.82) is 0 Å². The summed E-state index contributed by atoms with van der Waals surface area (Å²) >= 11 is 0. The molecule has 0 spiro atoms. The van der Waals surface area contributed by atoms with Gasteiger partial charge >= 0.3 is 6.61 Å². The third kappa shape index (κ3) is 4.40. The average Bonchev–Trinajstić information content (AvgIpc) is 2.60. The average molecular weight is 397 g/mol. The Morgan fingerprint density at radius 3 is 2.71 bits per heavy atom. The Hall–Kier alpha value is -1.89. The minimum Gasteiger partial charge on any atom is -0.493 e. The van der Waals surface area contributed by atoms with Gasteiger partial charge in [-0.25, -0.2) is 0 Å². The number of methoxy groups -OCH3 is 1. The Morgan fingerprint density at radius 2 is 2.07 bits per heavy atom. The molecule has 1 aliphatic carbocycles. The van der Waals surface area contributed by atoms with Gasteiger partial charge in [-0.05, 0) is 43.4 Å². The summed E-state index contributed by atoms with van der Waals surface area (Å²) in [5.74, 6) is 0.997. The maximum Gasteiger partial charge on any atom is 0.387 e. The first-order valence-electron chi connectivity index (χ1n) is 9.79. The lowest BCUT2D eigenvalue weighted by Crippen LogP contribution is -2.60. The first-order valence-corrected chi connectivity index (χ1v) is 9.79. The zero-order chi connectivity index (χ0) is 20.5. The highest BCUT2D eigenvalue weighted by molar-refractivity contribution is 5.73. The summed E-state index contributed by atoms with van der Waals surface area (Å²) in [6.45, 7) is 2.93. The maximum absolute atomic E-state index is 12.6. The van der Waals surface area contributed by atoms with Gasteiger partial charge in [0.25, 0.3) is 0 Å². The second-order valence-corrected chi connectivity index (χ2v) is 8.28. The van der Waals surface area contributed by atoms with Gasteiger partial charge in [-0.2, -0.15) is 8.78 Å². The Kier molecular flexibility index (Phi) is 6.12. The topological polar surface area (TPSA) is 56.8 Å².